The monoisotopic (exact) mass is 369 g/mol. The van der Waals surface area contributed by atoms with Crippen molar-refractivity contribution >= 4 is 0 Å². The van der Waals surface area contributed by atoms with Crippen molar-refractivity contribution in [1.82, 2.24) is 10.3 Å². The van der Waals surface area contributed by atoms with E-state index >= 15 is 0 Å². The Hall–Kier alpha value is -2.02. The molecule has 0 saturated carbocycles. The van der Waals surface area contributed by atoms with Crippen LogP contribution in [0.5, 0.6) is 0 Å². The second-order valence-corrected chi connectivity index (χ2v) is 7.64. The van der Waals surface area contributed by atoms with Crippen LogP contribution in [0.2, 0.25) is 0 Å². The Bertz CT molecular complexity index is 701. The Kier molecular flexibility index (Phi) is 6.01. The molecular weight excluding hydrogens is 343 g/mol. The van der Waals surface area contributed by atoms with Crippen LogP contribution in [0.3, 0.4) is 0 Å². The van der Waals surface area contributed by atoms with Gasteiger partial charge in [-0.3, -0.25) is 4.98 Å². The predicted octanol–water partition coefficient (Wildman–Crippen LogP) is 3.85. The first-order chi connectivity index (χ1) is 12.0. The fourth-order valence-corrected chi connectivity index (χ4v) is 3.19. The van der Waals surface area contributed by atoms with Gasteiger partial charge >= 0.3 is 0 Å². The van der Waals surface area contributed by atoms with Crippen molar-refractivity contribution in [1.29, 1.82) is 0 Å². The Morgan fingerprint density at radius 2 is 2.08 bits per heavy atom. The van der Waals surface area contributed by atoms with E-state index in [1.807, 2.05) is 20.8 Å². The van der Waals surface area contributed by atoms with Crippen LogP contribution < -0.4 is 11.1 Å². The summed E-state index contributed by atoms with van der Waals surface area (Å²) in [6, 6.07) is 1.46. The van der Waals surface area contributed by atoms with Gasteiger partial charge in [0, 0.05) is 17.3 Å². The molecule has 1 aromatic heterocycles. The molecule has 0 radical (unpaired) electrons. The summed E-state index contributed by atoms with van der Waals surface area (Å²) in [6.45, 7) is 7.61. The molecule has 0 saturated heterocycles. The largest absolute Gasteiger partial charge is 0.490 e. The van der Waals surface area contributed by atoms with Crippen molar-refractivity contribution in [2.75, 3.05) is 6.61 Å². The van der Waals surface area contributed by atoms with E-state index in [2.05, 4.69) is 10.3 Å². The maximum Gasteiger partial charge on any atom is 0.281 e. The van der Waals surface area contributed by atoms with E-state index in [9.17, 15) is 13.2 Å². The van der Waals surface area contributed by atoms with Crippen LogP contribution >= 0.6 is 0 Å². The quantitative estimate of drug-likeness (QED) is 0.766. The molecule has 2 heterocycles. The number of aromatic nitrogens is 1. The summed E-state index contributed by atoms with van der Waals surface area (Å²) in [7, 11) is 0. The SMILES string of the molecule is CC(C)CC(C)(N)COC1=C(C(F)F)NC(C)(c2ccncc2F)C=C1. The summed E-state index contributed by atoms with van der Waals surface area (Å²) in [5.41, 5.74) is 4.26. The molecule has 7 heteroatoms. The zero-order valence-corrected chi connectivity index (χ0v) is 15.5. The van der Waals surface area contributed by atoms with E-state index in [4.69, 9.17) is 10.5 Å². The maximum atomic E-state index is 14.1. The fraction of sp³-hybridized carbons (Fsp3) is 0.526. The Morgan fingerprint density at radius 3 is 2.65 bits per heavy atom. The molecule has 26 heavy (non-hydrogen) atoms. The lowest BCUT2D eigenvalue weighted by atomic mass is 9.89. The first-order valence-corrected chi connectivity index (χ1v) is 8.55. The minimum Gasteiger partial charge on any atom is -0.490 e. The number of nitrogens with two attached hydrogens (primary N) is 1. The third-order valence-corrected chi connectivity index (χ3v) is 4.21. The number of rotatable bonds is 7. The van der Waals surface area contributed by atoms with Crippen molar-refractivity contribution < 1.29 is 17.9 Å². The molecule has 0 bridgehead atoms. The van der Waals surface area contributed by atoms with E-state index < -0.39 is 23.3 Å². The summed E-state index contributed by atoms with van der Waals surface area (Å²) < 4.78 is 46.9. The van der Waals surface area contributed by atoms with Gasteiger partial charge in [-0.15, -0.1) is 0 Å². The molecule has 1 aliphatic heterocycles. The van der Waals surface area contributed by atoms with Gasteiger partial charge in [0.1, 0.15) is 23.9 Å². The number of hydrogen-bond donors (Lipinski definition) is 2. The molecule has 0 fully saturated rings. The summed E-state index contributed by atoms with van der Waals surface area (Å²) in [4.78, 5) is 3.69. The summed E-state index contributed by atoms with van der Waals surface area (Å²) in [6.07, 6.45) is 3.42. The van der Waals surface area contributed by atoms with Crippen LogP contribution in [0, 0.1) is 11.7 Å². The van der Waals surface area contributed by atoms with Crippen molar-refractivity contribution in [2.45, 2.75) is 51.6 Å². The van der Waals surface area contributed by atoms with E-state index in [0.29, 0.717) is 12.3 Å². The smallest absolute Gasteiger partial charge is 0.281 e. The highest BCUT2D eigenvalue weighted by Gasteiger charge is 2.35. The van der Waals surface area contributed by atoms with Crippen LogP contribution in [-0.4, -0.2) is 23.6 Å². The highest BCUT2D eigenvalue weighted by molar-refractivity contribution is 5.38. The fourth-order valence-electron chi connectivity index (χ4n) is 3.19. The lowest BCUT2D eigenvalue weighted by molar-refractivity contribution is 0.119. The molecule has 1 aromatic rings. The van der Waals surface area contributed by atoms with Gasteiger partial charge in [0.15, 0.2) is 0 Å². The van der Waals surface area contributed by atoms with Gasteiger partial charge < -0.3 is 15.8 Å². The minimum atomic E-state index is -2.80. The average molecular weight is 369 g/mol. The van der Waals surface area contributed by atoms with Crippen molar-refractivity contribution in [3.8, 4) is 0 Å². The van der Waals surface area contributed by atoms with Crippen molar-refractivity contribution in [2.24, 2.45) is 11.7 Å². The lowest BCUT2D eigenvalue weighted by Gasteiger charge is -2.35. The van der Waals surface area contributed by atoms with Gasteiger partial charge in [-0.2, -0.15) is 0 Å². The molecule has 0 spiro atoms. The van der Waals surface area contributed by atoms with E-state index in [1.54, 1.807) is 13.0 Å². The topological polar surface area (TPSA) is 60.2 Å². The van der Waals surface area contributed by atoms with Gasteiger partial charge in [-0.05, 0) is 38.3 Å². The third kappa shape index (κ3) is 4.78. The number of hydrogen-bond acceptors (Lipinski definition) is 4. The molecule has 2 rings (SSSR count). The van der Waals surface area contributed by atoms with Gasteiger partial charge in [0.2, 0.25) is 0 Å². The standard InChI is InChI=1S/C19H26F3N3O/c1-12(2)9-18(3,23)11-26-15-5-7-19(4,25-16(15)17(21)22)13-6-8-24-10-14(13)20/h5-8,10,12,17,25H,9,11,23H2,1-4H3. The number of alkyl halides is 2. The van der Waals surface area contributed by atoms with Gasteiger partial charge in [-0.25, -0.2) is 13.2 Å². The van der Waals surface area contributed by atoms with Crippen molar-refractivity contribution in [3.05, 3.63) is 53.4 Å². The van der Waals surface area contributed by atoms with E-state index in [0.717, 1.165) is 6.20 Å². The normalized spacial score (nSPS) is 22.5. The van der Waals surface area contributed by atoms with E-state index in [-0.39, 0.29) is 23.6 Å². The number of halogens is 3. The lowest BCUT2D eigenvalue weighted by Crippen LogP contribution is -2.44. The molecule has 1 aliphatic rings. The van der Waals surface area contributed by atoms with Gasteiger partial charge in [-0.1, -0.05) is 19.9 Å². The molecular formula is C19H26F3N3O. The van der Waals surface area contributed by atoms with Crippen LogP contribution in [0.25, 0.3) is 0 Å². The number of dihydropyridines is 1. The Labute approximate surface area is 152 Å². The highest BCUT2D eigenvalue weighted by Crippen LogP contribution is 2.32. The maximum absolute atomic E-state index is 14.1. The first kappa shape index (κ1) is 20.3. The second-order valence-electron chi connectivity index (χ2n) is 7.64. The molecule has 0 amide bonds. The highest BCUT2D eigenvalue weighted by atomic mass is 19.3. The van der Waals surface area contributed by atoms with Crippen LogP contribution in [0.15, 0.2) is 42.1 Å². The molecule has 2 atom stereocenters. The van der Waals surface area contributed by atoms with Crippen molar-refractivity contribution in [3.63, 3.8) is 0 Å². The molecule has 144 valence electrons. The summed E-state index contributed by atoms with van der Waals surface area (Å²) in [5.74, 6) is -0.195. The molecule has 4 nitrogen and oxygen atoms in total. The van der Waals surface area contributed by atoms with E-state index in [1.165, 1.54) is 18.3 Å². The Morgan fingerprint density at radius 1 is 1.38 bits per heavy atom. The number of nitrogens with zero attached hydrogens (tertiary/aromatic N) is 1. The number of nitrogens with one attached hydrogen (secondary N) is 1. The minimum absolute atomic E-state index is 0.0207. The van der Waals surface area contributed by atoms with Gasteiger partial charge in [0.25, 0.3) is 6.43 Å². The van der Waals surface area contributed by atoms with Crippen LogP contribution in [-0.2, 0) is 10.3 Å². The molecule has 0 aromatic carbocycles. The van der Waals surface area contributed by atoms with Crippen LogP contribution in [0.4, 0.5) is 13.2 Å². The van der Waals surface area contributed by atoms with Crippen LogP contribution in [0.1, 0.15) is 39.7 Å². The van der Waals surface area contributed by atoms with Gasteiger partial charge in [0.05, 0.1) is 11.7 Å². The Balaban J connectivity index is 2.23. The molecule has 3 N–H and O–H groups in total. The summed E-state index contributed by atoms with van der Waals surface area (Å²) >= 11 is 0. The third-order valence-electron chi connectivity index (χ3n) is 4.21. The first-order valence-electron chi connectivity index (χ1n) is 8.55. The average Bonchev–Trinajstić information content (AvgIpc) is 2.52. The number of pyridine rings is 1. The second kappa shape index (κ2) is 7.70. The number of allylic oxidation sites excluding steroid dienone is 2. The summed E-state index contributed by atoms with van der Waals surface area (Å²) in [5, 5.41) is 2.72. The predicted molar refractivity (Wildman–Crippen MR) is 94.9 cm³/mol. The molecule has 2 unspecified atom stereocenters. The zero-order chi connectivity index (χ0) is 19.5. The zero-order valence-electron chi connectivity index (χ0n) is 15.5. The number of ether oxygens (including phenoxy) is 1. The molecule has 0 aliphatic carbocycles.